The average molecular weight is 374 g/mol. The first-order valence-corrected chi connectivity index (χ1v) is 8.03. The molecule has 5 nitrogen and oxygen atoms in total. The highest BCUT2D eigenvalue weighted by atomic mass is 35.5. The molecular weight excluding hydrogens is 359 g/mol. The van der Waals surface area contributed by atoms with Crippen molar-refractivity contribution in [1.29, 1.82) is 0 Å². The number of carbonyl (C=O) groups is 1. The van der Waals surface area contributed by atoms with Crippen LogP contribution in [0.5, 0.6) is 5.75 Å². The van der Waals surface area contributed by atoms with Gasteiger partial charge in [-0.3, -0.25) is 9.48 Å². The van der Waals surface area contributed by atoms with Gasteiger partial charge in [0.15, 0.2) is 5.78 Å². The number of Topliss-reactive ketones (excluding diaryl/α,β-unsaturated/α-hetero) is 1. The second-order valence-corrected chi connectivity index (χ2v) is 6.80. The van der Waals surface area contributed by atoms with Crippen LogP contribution in [0, 0.1) is 5.92 Å². The van der Waals surface area contributed by atoms with Crippen LogP contribution in [0.25, 0.3) is 0 Å². The minimum Gasteiger partial charge on any atom is -0.406 e. The van der Waals surface area contributed by atoms with E-state index in [2.05, 4.69) is 14.8 Å². The Balaban J connectivity index is 1.67. The Morgan fingerprint density at radius 2 is 2.00 bits per heavy atom. The van der Waals surface area contributed by atoms with E-state index in [1.165, 1.54) is 18.5 Å². The van der Waals surface area contributed by atoms with E-state index in [0.717, 1.165) is 25.0 Å². The maximum absolute atomic E-state index is 12.5. The van der Waals surface area contributed by atoms with E-state index in [-0.39, 0.29) is 23.9 Å². The lowest BCUT2D eigenvalue weighted by atomic mass is 9.93. The zero-order valence-corrected chi connectivity index (χ0v) is 13.8. The molecule has 3 rings (SSSR count). The predicted molar refractivity (Wildman–Crippen MR) is 83.4 cm³/mol. The van der Waals surface area contributed by atoms with Crippen LogP contribution >= 0.6 is 11.6 Å². The largest absolute Gasteiger partial charge is 0.573 e. The monoisotopic (exact) mass is 373 g/mol. The molecule has 2 aromatic rings. The summed E-state index contributed by atoms with van der Waals surface area (Å²) in [6.45, 7) is 0.463. The van der Waals surface area contributed by atoms with Crippen LogP contribution in [0.15, 0.2) is 36.9 Å². The third-order valence-electron chi connectivity index (χ3n) is 4.18. The van der Waals surface area contributed by atoms with Crippen molar-refractivity contribution in [2.24, 2.45) is 5.92 Å². The smallest absolute Gasteiger partial charge is 0.406 e. The molecule has 1 unspecified atom stereocenters. The van der Waals surface area contributed by atoms with Gasteiger partial charge in [0.2, 0.25) is 0 Å². The van der Waals surface area contributed by atoms with Crippen LogP contribution in [-0.2, 0) is 6.54 Å². The molecule has 1 atom stereocenters. The highest BCUT2D eigenvalue weighted by molar-refractivity contribution is 6.26. The number of carbonyl (C=O) groups excluding carboxylic acids is 1. The van der Waals surface area contributed by atoms with Crippen LogP contribution < -0.4 is 4.74 Å². The molecule has 1 fully saturated rings. The maximum atomic E-state index is 12.5. The van der Waals surface area contributed by atoms with Gasteiger partial charge in [0, 0.05) is 29.3 Å². The second kappa shape index (κ2) is 6.67. The number of ketones is 1. The Hall–Kier alpha value is -2.09. The highest BCUT2D eigenvalue weighted by Gasteiger charge is 2.48. The number of rotatable bonds is 7. The molecule has 0 radical (unpaired) electrons. The first kappa shape index (κ1) is 17.7. The van der Waals surface area contributed by atoms with E-state index < -0.39 is 11.2 Å². The first-order valence-electron chi connectivity index (χ1n) is 7.65. The summed E-state index contributed by atoms with van der Waals surface area (Å²) in [7, 11) is 0. The van der Waals surface area contributed by atoms with E-state index in [0.29, 0.717) is 12.1 Å². The SMILES string of the molecule is O=C(CC(Cn1cncn1)C1(Cl)CC1)c1ccc(OC(F)(F)F)cc1. The lowest BCUT2D eigenvalue weighted by molar-refractivity contribution is -0.274. The van der Waals surface area contributed by atoms with Gasteiger partial charge in [-0.25, -0.2) is 4.98 Å². The van der Waals surface area contributed by atoms with Gasteiger partial charge in [-0.05, 0) is 37.1 Å². The van der Waals surface area contributed by atoms with E-state index >= 15 is 0 Å². The van der Waals surface area contributed by atoms with Crippen LogP contribution in [0.4, 0.5) is 13.2 Å². The molecule has 1 aromatic carbocycles. The molecule has 1 aliphatic carbocycles. The zero-order valence-electron chi connectivity index (χ0n) is 13.0. The van der Waals surface area contributed by atoms with Crippen molar-refractivity contribution in [3.63, 3.8) is 0 Å². The number of benzene rings is 1. The van der Waals surface area contributed by atoms with Gasteiger partial charge in [0.25, 0.3) is 0 Å². The molecule has 134 valence electrons. The number of alkyl halides is 4. The topological polar surface area (TPSA) is 57.0 Å². The fourth-order valence-electron chi connectivity index (χ4n) is 2.68. The van der Waals surface area contributed by atoms with Gasteiger partial charge in [-0.2, -0.15) is 5.10 Å². The van der Waals surface area contributed by atoms with Crippen LogP contribution in [0.2, 0.25) is 0 Å². The fraction of sp³-hybridized carbons (Fsp3) is 0.438. The van der Waals surface area contributed by atoms with Crippen molar-refractivity contribution in [2.75, 3.05) is 0 Å². The van der Waals surface area contributed by atoms with E-state index in [9.17, 15) is 18.0 Å². The number of halogens is 4. The van der Waals surface area contributed by atoms with Crippen molar-refractivity contribution in [1.82, 2.24) is 14.8 Å². The molecule has 0 spiro atoms. The summed E-state index contributed by atoms with van der Waals surface area (Å²) in [6, 6.07) is 4.90. The summed E-state index contributed by atoms with van der Waals surface area (Å²) in [5, 5.41) is 4.04. The number of nitrogens with zero attached hydrogens (tertiary/aromatic N) is 3. The van der Waals surface area contributed by atoms with Crippen molar-refractivity contribution in [2.45, 2.75) is 37.0 Å². The molecule has 0 saturated heterocycles. The molecular formula is C16H15ClF3N3O2. The van der Waals surface area contributed by atoms with Gasteiger partial charge in [-0.15, -0.1) is 24.8 Å². The number of hydrogen-bond acceptors (Lipinski definition) is 4. The zero-order chi connectivity index (χ0) is 18.1. The van der Waals surface area contributed by atoms with Crippen molar-refractivity contribution in [3.05, 3.63) is 42.5 Å². The molecule has 1 heterocycles. The second-order valence-electron chi connectivity index (χ2n) is 6.05. The molecule has 25 heavy (non-hydrogen) atoms. The predicted octanol–water partition coefficient (Wildman–Crippen LogP) is 3.84. The minimum absolute atomic E-state index is 0.130. The summed E-state index contributed by atoms with van der Waals surface area (Å²) in [5.41, 5.74) is 0.319. The number of aromatic nitrogens is 3. The third-order valence-corrected chi connectivity index (χ3v) is 4.86. The molecule has 9 heteroatoms. The molecule has 0 N–H and O–H groups in total. The quantitative estimate of drug-likeness (QED) is 0.546. The van der Waals surface area contributed by atoms with Crippen LogP contribution in [-0.4, -0.2) is 31.8 Å². The third kappa shape index (κ3) is 4.72. The van der Waals surface area contributed by atoms with Gasteiger partial charge in [-0.1, -0.05) is 0 Å². The molecule has 1 aliphatic rings. The Bertz CT molecular complexity index is 728. The summed E-state index contributed by atoms with van der Waals surface area (Å²) >= 11 is 6.50. The van der Waals surface area contributed by atoms with E-state index in [1.54, 1.807) is 11.0 Å². The Labute approximate surface area is 146 Å². The highest BCUT2D eigenvalue weighted by Crippen LogP contribution is 2.50. The van der Waals surface area contributed by atoms with E-state index in [4.69, 9.17) is 11.6 Å². The van der Waals surface area contributed by atoms with Crippen molar-refractivity contribution < 1.29 is 22.7 Å². The van der Waals surface area contributed by atoms with Gasteiger partial charge in [0.05, 0.1) is 0 Å². The Kier molecular flexibility index (Phi) is 4.73. The van der Waals surface area contributed by atoms with Crippen LogP contribution in [0.1, 0.15) is 29.6 Å². The van der Waals surface area contributed by atoms with Crippen LogP contribution in [0.3, 0.4) is 0 Å². The Morgan fingerprint density at radius 3 is 2.52 bits per heavy atom. The number of ether oxygens (including phenoxy) is 1. The lowest BCUT2D eigenvalue weighted by Gasteiger charge is -2.21. The maximum Gasteiger partial charge on any atom is 0.573 e. The Morgan fingerprint density at radius 1 is 1.32 bits per heavy atom. The van der Waals surface area contributed by atoms with Gasteiger partial charge < -0.3 is 4.74 Å². The van der Waals surface area contributed by atoms with E-state index in [1.807, 2.05) is 0 Å². The van der Waals surface area contributed by atoms with Gasteiger partial charge in [0.1, 0.15) is 18.4 Å². The summed E-state index contributed by atoms with van der Waals surface area (Å²) in [4.78, 5) is 15.9. The average Bonchev–Trinajstić information content (AvgIpc) is 3.07. The lowest BCUT2D eigenvalue weighted by Crippen LogP contribution is -2.25. The minimum atomic E-state index is -4.76. The molecule has 0 aliphatic heterocycles. The summed E-state index contributed by atoms with van der Waals surface area (Å²) in [6.07, 6.45) is 0.0305. The molecule has 0 bridgehead atoms. The first-order chi connectivity index (χ1) is 11.8. The number of hydrogen-bond donors (Lipinski definition) is 0. The van der Waals surface area contributed by atoms with Crippen molar-refractivity contribution >= 4 is 17.4 Å². The molecule has 0 amide bonds. The van der Waals surface area contributed by atoms with Gasteiger partial charge >= 0.3 is 6.36 Å². The normalized spacial score (nSPS) is 17.1. The summed E-state index contributed by atoms with van der Waals surface area (Å²) < 4.78 is 41.9. The fourth-order valence-corrected chi connectivity index (χ4v) is 2.92. The summed E-state index contributed by atoms with van der Waals surface area (Å²) in [5.74, 6) is -0.677. The standard InChI is InChI=1S/C16H15ClF3N3O2/c17-15(5-6-15)12(8-23-10-21-9-22-23)7-14(24)11-1-3-13(4-2-11)25-16(18,19)20/h1-4,9-10,12H,5-8H2. The molecule has 1 aromatic heterocycles. The van der Waals surface area contributed by atoms with Crippen molar-refractivity contribution in [3.8, 4) is 5.75 Å². The molecule has 1 saturated carbocycles.